The highest BCUT2D eigenvalue weighted by Gasteiger charge is 2.44. The Labute approximate surface area is 445 Å². The van der Waals surface area contributed by atoms with Crippen molar-refractivity contribution in [3.8, 4) is 16.9 Å². The summed E-state index contributed by atoms with van der Waals surface area (Å²) in [5.74, 6) is 0.247. The molecule has 7 rings (SSSR count). The van der Waals surface area contributed by atoms with E-state index >= 15 is 0 Å². The van der Waals surface area contributed by atoms with Gasteiger partial charge in [-0.2, -0.15) is 0 Å². The third-order valence-corrected chi connectivity index (χ3v) is 19.0. The van der Waals surface area contributed by atoms with Gasteiger partial charge in [0.15, 0.2) is 6.10 Å². The van der Waals surface area contributed by atoms with Gasteiger partial charge >= 0.3 is 5.63 Å². The minimum atomic E-state index is -1.89. The van der Waals surface area contributed by atoms with Crippen LogP contribution in [0.25, 0.3) is 22.1 Å². The molecule has 0 unspecified atom stereocenters. The second-order valence-electron chi connectivity index (χ2n) is 19.4. The summed E-state index contributed by atoms with van der Waals surface area (Å²) in [5, 5.41) is 11.3. The van der Waals surface area contributed by atoms with Crippen molar-refractivity contribution in [3.63, 3.8) is 0 Å². The van der Waals surface area contributed by atoms with Gasteiger partial charge < -0.3 is 37.1 Å². The van der Waals surface area contributed by atoms with Gasteiger partial charge in [-0.3, -0.25) is 14.4 Å². The van der Waals surface area contributed by atoms with Crippen LogP contribution in [0.5, 0.6) is 5.75 Å². The molecule has 2 heterocycles. The van der Waals surface area contributed by atoms with Crippen molar-refractivity contribution >= 4 is 69.2 Å². The lowest BCUT2D eigenvalue weighted by Crippen LogP contribution is -3.00. The van der Waals surface area contributed by atoms with Crippen molar-refractivity contribution in [1.29, 1.82) is 0 Å². The first-order valence-electron chi connectivity index (χ1n) is 26.6. The maximum Gasteiger partial charge on any atom is 0.336 e. The second-order valence-corrected chi connectivity index (χ2v) is 23.5. The third kappa shape index (κ3) is 16.3. The molecule has 0 radical (unpaired) electrons. The van der Waals surface area contributed by atoms with Crippen LogP contribution in [0.15, 0.2) is 143 Å². The van der Waals surface area contributed by atoms with E-state index in [2.05, 4.69) is 109 Å². The summed E-state index contributed by atoms with van der Waals surface area (Å²) in [6.07, 6.45) is 18.8. The van der Waals surface area contributed by atoms with Gasteiger partial charge in [-0.1, -0.05) is 143 Å². The molecule has 0 bridgehead atoms. The number of carbonyl (C=O) groups is 3. The van der Waals surface area contributed by atoms with Gasteiger partial charge in [-0.05, 0) is 106 Å². The fraction of sp³-hybridized carbons (Fsp3) is 0.410. The molecule has 2 N–H and O–H groups in total. The SMILES string of the molecule is CCCCCCCCCCCCCC(=O)Nc1ccc(-c2cc(=O)oc3cc(O[C@H](C)C(=O)NC4CCN(C(=O)CCCCC[P+](c5ccccc5)(c5ccccc5)c5ccccc5)CC4)ccc23)c(Cl)c1.[Cl-]. The first kappa shape index (κ1) is 56.8. The molecule has 1 fully saturated rings. The van der Waals surface area contributed by atoms with Crippen molar-refractivity contribution in [3.05, 3.63) is 149 Å². The highest BCUT2D eigenvalue weighted by molar-refractivity contribution is 7.95. The second kappa shape index (κ2) is 29.4. The fourth-order valence-corrected chi connectivity index (χ4v) is 14.8. The Bertz CT molecular complexity index is 2620. The van der Waals surface area contributed by atoms with Gasteiger partial charge in [-0.15, -0.1) is 0 Å². The Hall–Kier alpha value is -5.47. The maximum absolute atomic E-state index is 13.4. The van der Waals surface area contributed by atoms with Crippen LogP contribution in [-0.2, 0) is 14.4 Å². The molecule has 1 aliphatic heterocycles. The minimum Gasteiger partial charge on any atom is -1.00 e. The quantitative estimate of drug-likeness (QED) is 0.0302. The number of amides is 3. The fourth-order valence-electron chi connectivity index (χ4n) is 10.1. The Morgan fingerprint density at radius 3 is 1.79 bits per heavy atom. The predicted molar refractivity (Wildman–Crippen MR) is 299 cm³/mol. The molecule has 0 spiro atoms. The van der Waals surface area contributed by atoms with Crippen LogP contribution in [0, 0.1) is 0 Å². The number of hydrogen-bond acceptors (Lipinski definition) is 6. The van der Waals surface area contributed by atoms with E-state index in [4.69, 9.17) is 20.8 Å². The maximum atomic E-state index is 13.4. The lowest BCUT2D eigenvalue weighted by atomic mass is 10.0. The number of benzene rings is 5. The van der Waals surface area contributed by atoms with E-state index in [1.807, 2.05) is 4.90 Å². The van der Waals surface area contributed by atoms with Crippen LogP contribution in [0.1, 0.15) is 129 Å². The number of likely N-dealkylation sites (tertiary alicyclic amines) is 1. The van der Waals surface area contributed by atoms with E-state index in [0.717, 1.165) is 44.7 Å². The van der Waals surface area contributed by atoms with E-state index in [-0.39, 0.29) is 36.2 Å². The lowest BCUT2D eigenvalue weighted by Gasteiger charge is -2.33. The number of hydrogen-bond donors (Lipinski definition) is 2. The van der Waals surface area contributed by atoms with Crippen molar-refractivity contribution in [1.82, 2.24) is 10.2 Å². The monoisotopic (exact) mass is 1050 g/mol. The average molecular weight is 1050 g/mol. The number of piperidine rings is 1. The topological polar surface area (TPSA) is 118 Å². The summed E-state index contributed by atoms with van der Waals surface area (Å²) < 4.78 is 11.7. The number of anilines is 1. The highest BCUT2D eigenvalue weighted by Crippen LogP contribution is 2.56. The molecule has 12 heteroatoms. The van der Waals surface area contributed by atoms with Crippen LogP contribution in [-0.4, -0.2) is 54.0 Å². The molecule has 388 valence electrons. The van der Waals surface area contributed by atoms with E-state index in [1.54, 1.807) is 43.3 Å². The van der Waals surface area contributed by atoms with Gasteiger partial charge in [0.05, 0.1) is 11.2 Å². The average Bonchev–Trinajstić information content (AvgIpc) is 3.39. The number of nitrogens with one attached hydrogen (secondary N) is 2. The van der Waals surface area contributed by atoms with Gasteiger partial charge in [0.1, 0.15) is 34.5 Å². The molecule has 5 aromatic carbocycles. The van der Waals surface area contributed by atoms with Crippen LogP contribution in [0.4, 0.5) is 5.69 Å². The number of halogens is 2. The molecule has 1 atom stereocenters. The van der Waals surface area contributed by atoms with Crippen LogP contribution < -0.4 is 49.3 Å². The van der Waals surface area contributed by atoms with E-state index in [1.165, 1.54) is 73.3 Å². The summed E-state index contributed by atoms with van der Waals surface area (Å²) in [6, 6.07) is 44.5. The zero-order chi connectivity index (χ0) is 50.5. The smallest absolute Gasteiger partial charge is 0.336 e. The number of rotatable bonds is 27. The van der Waals surface area contributed by atoms with E-state index in [9.17, 15) is 19.2 Å². The molecular weight excluding hydrogens is 973 g/mol. The Morgan fingerprint density at radius 1 is 0.671 bits per heavy atom. The van der Waals surface area contributed by atoms with Gasteiger partial charge in [0, 0.05) is 66.3 Å². The Balaban J connectivity index is 0.00000869. The summed E-state index contributed by atoms with van der Waals surface area (Å²) in [7, 11) is -1.89. The predicted octanol–water partition coefficient (Wildman–Crippen LogP) is 10.2. The largest absolute Gasteiger partial charge is 1.00 e. The number of ether oxygens (including phenoxy) is 1. The molecule has 0 aliphatic carbocycles. The first-order chi connectivity index (χ1) is 35.1. The molecule has 0 saturated carbocycles. The molecule has 1 aliphatic rings. The number of nitrogens with zero attached hydrogens (tertiary/aromatic N) is 1. The molecule has 1 aromatic heterocycles. The molecule has 9 nitrogen and oxygen atoms in total. The van der Waals surface area contributed by atoms with Gasteiger partial charge in [0.25, 0.3) is 5.91 Å². The van der Waals surface area contributed by atoms with E-state index in [0.29, 0.717) is 77.3 Å². The summed E-state index contributed by atoms with van der Waals surface area (Å²) in [4.78, 5) is 54.3. The minimum absolute atomic E-state index is 0. The number of unbranched alkanes of at least 4 members (excludes halogenated alkanes) is 12. The first-order valence-corrected chi connectivity index (χ1v) is 29.0. The summed E-state index contributed by atoms with van der Waals surface area (Å²) >= 11 is 6.78. The standard InChI is InChI=1S/C61H73ClN3O6P.ClH/c1-3-4-5-6-7-8-9-10-11-12-23-32-58(66)63-48-34-36-53(56(62)43-48)55-45-60(68)71-57-44-49(35-37-54(55)57)70-46(2)61(69)64-47-38-40-65(41-39-47)59(67)33-24-16-25-42-72(50-26-17-13-18-27-50,51-28-19-14-20-29-51)52-30-21-15-22-31-52;/h13-15,17-22,26-31,34-37,43-47H,3-12,16,23-25,32-33,38-42H2,1-2H3,(H-,63,64,66,68,69);1H/t46-;/m1./s1. The number of fused-ring (bicyclic) bond motifs is 1. The van der Waals surface area contributed by atoms with Crippen molar-refractivity contribution in [2.45, 2.75) is 142 Å². The lowest BCUT2D eigenvalue weighted by molar-refractivity contribution is -0.133. The summed E-state index contributed by atoms with van der Waals surface area (Å²) in [5.41, 5.74) is 1.54. The normalized spacial score (nSPS) is 13.3. The van der Waals surface area contributed by atoms with Crippen LogP contribution >= 0.6 is 18.9 Å². The molecule has 6 aromatic rings. The Morgan fingerprint density at radius 2 is 1.22 bits per heavy atom. The van der Waals surface area contributed by atoms with Crippen molar-refractivity contribution in [2.24, 2.45) is 0 Å². The van der Waals surface area contributed by atoms with Crippen molar-refractivity contribution < 1.29 is 35.9 Å². The Kier molecular flexibility index (Phi) is 22.9. The van der Waals surface area contributed by atoms with Crippen molar-refractivity contribution in [2.75, 3.05) is 24.6 Å². The number of carbonyl (C=O) groups excluding carboxylic acids is 3. The molecule has 1 saturated heterocycles. The summed E-state index contributed by atoms with van der Waals surface area (Å²) in [6.45, 7) is 5.12. The zero-order valence-corrected chi connectivity index (χ0v) is 45.2. The van der Waals surface area contributed by atoms with Crippen LogP contribution in [0.3, 0.4) is 0 Å². The van der Waals surface area contributed by atoms with Gasteiger partial charge in [0.2, 0.25) is 11.8 Å². The molecular formula is C61H74Cl2N3O6P. The molecule has 3 amide bonds. The van der Waals surface area contributed by atoms with Gasteiger partial charge in [-0.25, -0.2) is 4.79 Å². The highest BCUT2D eigenvalue weighted by atomic mass is 35.5. The zero-order valence-electron chi connectivity index (χ0n) is 42.8. The van der Waals surface area contributed by atoms with E-state index < -0.39 is 19.0 Å². The molecule has 73 heavy (non-hydrogen) atoms. The van der Waals surface area contributed by atoms with Crippen LogP contribution in [0.2, 0.25) is 5.02 Å². The third-order valence-electron chi connectivity index (χ3n) is 14.1.